The third-order valence-electron chi connectivity index (χ3n) is 0.911. The van der Waals surface area contributed by atoms with Gasteiger partial charge in [-0.05, 0) is 0 Å². The van der Waals surface area contributed by atoms with Crippen LogP contribution >= 0.6 is 11.8 Å². The largest absolute Gasteiger partial charge is 0.469 e. The zero-order valence-electron chi connectivity index (χ0n) is 6.24. The summed E-state index contributed by atoms with van der Waals surface area (Å²) in [7, 11) is 1.34. The van der Waals surface area contributed by atoms with E-state index in [4.69, 9.17) is 11.6 Å². The highest BCUT2D eigenvalue weighted by molar-refractivity contribution is 8.13. The van der Waals surface area contributed by atoms with E-state index in [0.717, 1.165) is 0 Å². The molecule has 0 atom stereocenters. The minimum Gasteiger partial charge on any atom is -0.469 e. The standard InChI is InChI=1S/C5H11N3O2S/c1-10-4(9)2-3-11-5(6)8-7/h2-3,7H2,1H3,(H2,6,8). The lowest BCUT2D eigenvalue weighted by Crippen LogP contribution is -2.11. The van der Waals surface area contributed by atoms with Crippen molar-refractivity contribution in [3.05, 3.63) is 0 Å². The van der Waals surface area contributed by atoms with E-state index >= 15 is 0 Å². The van der Waals surface area contributed by atoms with Crippen molar-refractivity contribution in [2.45, 2.75) is 6.42 Å². The fourth-order valence-electron chi connectivity index (χ4n) is 0.378. The molecule has 0 radical (unpaired) electrons. The summed E-state index contributed by atoms with van der Waals surface area (Å²) in [5, 5.41) is 3.49. The number of rotatable bonds is 3. The minimum atomic E-state index is -0.262. The number of hydrogen-bond acceptors (Lipinski definition) is 5. The van der Waals surface area contributed by atoms with Crippen LogP contribution in [0.3, 0.4) is 0 Å². The summed E-state index contributed by atoms with van der Waals surface area (Å²) < 4.78 is 4.40. The quantitative estimate of drug-likeness (QED) is 0.199. The molecule has 0 saturated carbocycles. The van der Waals surface area contributed by atoms with Crippen molar-refractivity contribution in [3.8, 4) is 0 Å². The molecule has 0 amide bonds. The van der Waals surface area contributed by atoms with E-state index < -0.39 is 0 Å². The fourth-order valence-corrected chi connectivity index (χ4v) is 0.931. The molecule has 0 aliphatic carbocycles. The number of hydrazone groups is 1. The Bertz CT molecular complexity index is 160. The van der Waals surface area contributed by atoms with Crippen molar-refractivity contribution in [2.24, 2.45) is 16.7 Å². The van der Waals surface area contributed by atoms with Gasteiger partial charge in [0, 0.05) is 5.75 Å². The number of thioether (sulfide) groups is 1. The van der Waals surface area contributed by atoms with Crippen LogP contribution in [-0.4, -0.2) is 24.0 Å². The number of methoxy groups -OCH3 is 1. The number of nitrogens with zero attached hydrogens (tertiary/aromatic N) is 1. The number of amidine groups is 1. The van der Waals surface area contributed by atoms with Gasteiger partial charge < -0.3 is 16.3 Å². The summed E-state index contributed by atoms with van der Waals surface area (Å²) >= 11 is 1.22. The normalized spacial score (nSPS) is 11.2. The molecule has 4 N–H and O–H groups in total. The number of carbonyl (C=O) groups is 1. The topological polar surface area (TPSA) is 90.7 Å². The van der Waals surface area contributed by atoms with Crippen molar-refractivity contribution in [2.75, 3.05) is 12.9 Å². The molecule has 0 aliphatic rings. The van der Waals surface area contributed by atoms with Crippen LogP contribution in [0.2, 0.25) is 0 Å². The summed E-state index contributed by atoms with van der Waals surface area (Å²) in [4.78, 5) is 10.5. The molecular formula is C5H11N3O2S. The lowest BCUT2D eigenvalue weighted by Gasteiger charge is -1.97. The smallest absolute Gasteiger partial charge is 0.306 e. The van der Waals surface area contributed by atoms with Gasteiger partial charge in [0.15, 0.2) is 5.17 Å². The molecule has 64 valence electrons. The average Bonchev–Trinajstić information content (AvgIpc) is 2.04. The number of carbonyl (C=O) groups excluding carboxylic acids is 1. The molecule has 0 aliphatic heterocycles. The number of nitrogens with two attached hydrogens (primary N) is 2. The Kier molecular flexibility index (Phi) is 5.36. The van der Waals surface area contributed by atoms with Gasteiger partial charge in [-0.2, -0.15) is 5.10 Å². The van der Waals surface area contributed by atoms with Gasteiger partial charge in [-0.1, -0.05) is 11.8 Å². The maximum atomic E-state index is 10.5. The van der Waals surface area contributed by atoms with Crippen LogP contribution < -0.4 is 11.6 Å². The van der Waals surface area contributed by atoms with E-state index in [9.17, 15) is 4.79 Å². The molecule has 0 spiro atoms. The Morgan fingerprint density at radius 1 is 1.73 bits per heavy atom. The first kappa shape index (κ1) is 10.1. The van der Waals surface area contributed by atoms with E-state index in [1.54, 1.807) is 0 Å². The fraction of sp³-hybridized carbons (Fsp3) is 0.600. The first-order chi connectivity index (χ1) is 5.20. The summed E-state index contributed by atoms with van der Waals surface area (Å²) in [6.45, 7) is 0. The van der Waals surface area contributed by atoms with Gasteiger partial charge in [-0.25, -0.2) is 0 Å². The van der Waals surface area contributed by atoms with Gasteiger partial charge in [-0.15, -0.1) is 0 Å². The van der Waals surface area contributed by atoms with Gasteiger partial charge in [-0.3, -0.25) is 4.79 Å². The predicted molar refractivity (Wildman–Crippen MR) is 44.9 cm³/mol. The highest BCUT2D eigenvalue weighted by Gasteiger charge is 2.00. The molecule has 0 bridgehead atoms. The van der Waals surface area contributed by atoms with Gasteiger partial charge in [0.1, 0.15) is 0 Å². The van der Waals surface area contributed by atoms with E-state index in [1.165, 1.54) is 18.9 Å². The van der Waals surface area contributed by atoms with Crippen LogP contribution in [0.5, 0.6) is 0 Å². The molecule has 0 saturated heterocycles. The second-order valence-electron chi connectivity index (χ2n) is 1.64. The first-order valence-corrected chi connectivity index (χ1v) is 3.92. The van der Waals surface area contributed by atoms with Crippen LogP contribution in [0.25, 0.3) is 0 Å². The molecule has 5 nitrogen and oxygen atoms in total. The van der Waals surface area contributed by atoms with Gasteiger partial charge in [0.2, 0.25) is 0 Å². The molecule has 11 heavy (non-hydrogen) atoms. The Hall–Kier alpha value is -0.910. The molecule has 0 heterocycles. The summed E-state index contributed by atoms with van der Waals surface area (Å²) in [6, 6.07) is 0. The third-order valence-corrected chi connectivity index (χ3v) is 1.72. The van der Waals surface area contributed by atoms with Crippen LogP contribution in [0, 0.1) is 0 Å². The third kappa shape index (κ3) is 5.53. The monoisotopic (exact) mass is 177 g/mol. The maximum Gasteiger partial charge on any atom is 0.306 e. The van der Waals surface area contributed by atoms with E-state index in [-0.39, 0.29) is 11.1 Å². The van der Waals surface area contributed by atoms with E-state index in [2.05, 4.69) is 9.84 Å². The Labute approximate surface area is 69.1 Å². The van der Waals surface area contributed by atoms with E-state index in [1.807, 2.05) is 0 Å². The summed E-state index contributed by atoms with van der Waals surface area (Å²) in [5.74, 6) is 5.13. The van der Waals surface area contributed by atoms with Crippen LogP contribution in [0.1, 0.15) is 6.42 Å². The second kappa shape index (κ2) is 5.84. The van der Waals surface area contributed by atoms with Crippen LogP contribution in [0.15, 0.2) is 5.10 Å². The zero-order valence-corrected chi connectivity index (χ0v) is 7.06. The second-order valence-corrected chi connectivity index (χ2v) is 2.76. The molecule has 0 unspecified atom stereocenters. The lowest BCUT2D eigenvalue weighted by atomic mass is 10.5. The van der Waals surface area contributed by atoms with E-state index in [0.29, 0.717) is 12.2 Å². The van der Waals surface area contributed by atoms with Crippen molar-refractivity contribution in [1.29, 1.82) is 0 Å². The number of ether oxygens (including phenoxy) is 1. The van der Waals surface area contributed by atoms with Crippen LogP contribution in [-0.2, 0) is 9.53 Å². The SMILES string of the molecule is COC(=O)CCSC(N)=NN. The van der Waals surface area contributed by atoms with Crippen molar-refractivity contribution >= 4 is 22.9 Å². The van der Waals surface area contributed by atoms with Crippen LogP contribution in [0.4, 0.5) is 0 Å². The lowest BCUT2D eigenvalue weighted by molar-refractivity contribution is -0.140. The molecule has 0 aromatic rings. The first-order valence-electron chi connectivity index (χ1n) is 2.93. The zero-order chi connectivity index (χ0) is 8.69. The highest BCUT2D eigenvalue weighted by Crippen LogP contribution is 2.01. The molecule has 0 fully saturated rings. The van der Waals surface area contributed by atoms with Gasteiger partial charge in [0.05, 0.1) is 13.5 Å². The van der Waals surface area contributed by atoms with Crippen molar-refractivity contribution < 1.29 is 9.53 Å². The molecule has 0 rings (SSSR count). The van der Waals surface area contributed by atoms with Crippen molar-refractivity contribution in [3.63, 3.8) is 0 Å². The van der Waals surface area contributed by atoms with Gasteiger partial charge >= 0.3 is 5.97 Å². The predicted octanol–water partition coefficient (Wildman–Crippen LogP) is -0.529. The Morgan fingerprint density at radius 2 is 2.36 bits per heavy atom. The number of hydrogen-bond donors (Lipinski definition) is 2. The summed E-state index contributed by atoms with van der Waals surface area (Å²) in [5.41, 5.74) is 5.24. The highest BCUT2D eigenvalue weighted by atomic mass is 32.2. The average molecular weight is 177 g/mol. The Morgan fingerprint density at radius 3 is 2.82 bits per heavy atom. The molecular weight excluding hydrogens is 166 g/mol. The molecule has 0 aromatic heterocycles. The van der Waals surface area contributed by atoms with Gasteiger partial charge in [0.25, 0.3) is 0 Å². The molecule has 6 heteroatoms. The maximum absolute atomic E-state index is 10.5. The number of esters is 1. The summed E-state index contributed by atoms with van der Waals surface area (Å²) in [6.07, 6.45) is 0.317. The molecule has 0 aromatic carbocycles. The Balaban J connectivity index is 3.35. The van der Waals surface area contributed by atoms with Crippen molar-refractivity contribution in [1.82, 2.24) is 0 Å². The minimum absolute atomic E-state index is 0.262.